The number of rotatable bonds is 4. The molecule has 1 aromatic rings. The van der Waals surface area contributed by atoms with Crippen molar-refractivity contribution >= 4 is 0 Å². The van der Waals surface area contributed by atoms with E-state index in [0.29, 0.717) is 0 Å². The van der Waals surface area contributed by atoms with E-state index in [0.717, 1.165) is 24.1 Å². The van der Waals surface area contributed by atoms with E-state index in [2.05, 4.69) is 25.5 Å². The fraction of sp³-hybridized carbons (Fsp3) is 0.583. The number of aromatic nitrogens is 2. The van der Waals surface area contributed by atoms with Gasteiger partial charge in [-0.3, -0.25) is 4.68 Å². The molecule has 3 nitrogen and oxygen atoms in total. The number of hydrogen-bond acceptors (Lipinski definition) is 2. The average Bonchev–Trinajstić information content (AvgIpc) is 2.38. The minimum absolute atomic E-state index is 0.101. The molecule has 0 amide bonds. The zero-order valence-corrected chi connectivity index (χ0v) is 10.2. The molecule has 1 aromatic heterocycles. The molecule has 0 aliphatic carbocycles. The van der Waals surface area contributed by atoms with E-state index in [1.54, 1.807) is 0 Å². The number of hydrogen-bond donors (Lipinski definition) is 1. The van der Waals surface area contributed by atoms with Crippen molar-refractivity contribution in [3.8, 4) is 0 Å². The summed E-state index contributed by atoms with van der Waals surface area (Å²) < 4.78 is 1.93. The molecule has 15 heavy (non-hydrogen) atoms. The molecule has 0 spiro atoms. The molecular formula is C12H21N3. The quantitative estimate of drug-likeness (QED) is 0.766. The topological polar surface area (TPSA) is 43.8 Å². The van der Waals surface area contributed by atoms with Crippen molar-refractivity contribution in [2.24, 2.45) is 12.8 Å². The molecule has 1 unspecified atom stereocenters. The predicted molar refractivity (Wildman–Crippen MR) is 63.8 cm³/mol. The van der Waals surface area contributed by atoms with Gasteiger partial charge in [0.1, 0.15) is 0 Å². The van der Waals surface area contributed by atoms with Crippen molar-refractivity contribution in [2.75, 3.05) is 0 Å². The standard InChI is InChI=1S/C12H21N3/c1-8(2)12(13)7-6-11-9(3)14-15(5)10(11)4/h12H,1,6-7,13H2,2-5H3. The Labute approximate surface area is 92.0 Å². The van der Waals surface area contributed by atoms with Crippen molar-refractivity contribution in [2.45, 2.75) is 39.7 Å². The molecule has 2 N–H and O–H groups in total. The Hall–Kier alpha value is -1.09. The fourth-order valence-electron chi connectivity index (χ4n) is 1.73. The molecule has 0 bridgehead atoms. The molecule has 0 saturated heterocycles. The Morgan fingerprint density at radius 3 is 2.53 bits per heavy atom. The molecule has 1 heterocycles. The molecule has 0 aliphatic heterocycles. The van der Waals surface area contributed by atoms with Crippen LogP contribution in [0.5, 0.6) is 0 Å². The van der Waals surface area contributed by atoms with Crippen LogP contribution < -0.4 is 5.73 Å². The van der Waals surface area contributed by atoms with E-state index < -0.39 is 0 Å². The molecule has 0 radical (unpaired) electrons. The van der Waals surface area contributed by atoms with Gasteiger partial charge in [-0.15, -0.1) is 0 Å². The van der Waals surface area contributed by atoms with Gasteiger partial charge in [0.15, 0.2) is 0 Å². The zero-order chi connectivity index (χ0) is 11.6. The van der Waals surface area contributed by atoms with Gasteiger partial charge in [-0.1, -0.05) is 12.2 Å². The SMILES string of the molecule is C=C(C)C(N)CCc1c(C)nn(C)c1C. The van der Waals surface area contributed by atoms with Gasteiger partial charge in [0.05, 0.1) is 5.69 Å². The molecule has 0 aromatic carbocycles. The van der Waals surface area contributed by atoms with E-state index in [1.807, 2.05) is 18.7 Å². The Morgan fingerprint density at radius 1 is 1.53 bits per heavy atom. The second kappa shape index (κ2) is 4.62. The van der Waals surface area contributed by atoms with Crippen molar-refractivity contribution in [1.82, 2.24) is 9.78 Å². The van der Waals surface area contributed by atoms with Gasteiger partial charge in [-0.25, -0.2) is 0 Å². The molecule has 84 valence electrons. The van der Waals surface area contributed by atoms with Gasteiger partial charge in [0.2, 0.25) is 0 Å². The maximum absolute atomic E-state index is 5.94. The Bertz CT molecular complexity index is 363. The second-order valence-corrected chi connectivity index (χ2v) is 4.26. The Balaban J connectivity index is 2.69. The van der Waals surface area contributed by atoms with Gasteiger partial charge in [0, 0.05) is 18.8 Å². The molecule has 0 aliphatic rings. The third-order valence-electron chi connectivity index (χ3n) is 3.00. The molecular weight excluding hydrogens is 186 g/mol. The maximum Gasteiger partial charge on any atom is 0.0628 e. The van der Waals surface area contributed by atoms with Crippen LogP contribution in [0.4, 0.5) is 0 Å². The summed E-state index contributed by atoms with van der Waals surface area (Å²) in [5, 5.41) is 4.39. The van der Waals surface area contributed by atoms with Gasteiger partial charge in [-0.05, 0) is 39.2 Å². The van der Waals surface area contributed by atoms with Gasteiger partial charge in [-0.2, -0.15) is 5.10 Å². The number of aryl methyl sites for hydroxylation is 2. The highest BCUT2D eigenvalue weighted by Crippen LogP contribution is 2.15. The highest BCUT2D eigenvalue weighted by molar-refractivity contribution is 5.24. The van der Waals surface area contributed by atoms with Crippen molar-refractivity contribution in [3.05, 3.63) is 29.1 Å². The van der Waals surface area contributed by atoms with Crippen LogP contribution in [-0.2, 0) is 13.5 Å². The summed E-state index contributed by atoms with van der Waals surface area (Å²) in [7, 11) is 1.98. The minimum atomic E-state index is 0.101. The number of nitrogens with two attached hydrogens (primary N) is 1. The first-order chi connectivity index (χ1) is 6.93. The van der Waals surface area contributed by atoms with E-state index in [9.17, 15) is 0 Å². The van der Waals surface area contributed by atoms with Crippen LogP contribution in [0.15, 0.2) is 12.2 Å². The van der Waals surface area contributed by atoms with Crippen molar-refractivity contribution < 1.29 is 0 Å². The lowest BCUT2D eigenvalue weighted by molar-refractivity contribution is 0.684. The number of nitrogens with zero attached hydrogens (tertiary/aromatic N) is 2. The van der Waals surface area contributed by atoms with Crippen LogP contribution in [0.2, 0.25) is 0 Å². The van der Waals surface area contributed by atoms with Gasteiger partial charge >= 0.3 is 0 Å². The lowest BCUT2D eigenvalue weighted by Crippen LogP contribution is -2.21. The zero-order valence-electron chi connectivity index (χ0n) is 10.2. The van der Waals surface area contributed by atoms with E-state index in [4.69, 9.17) is 5.73 Å². The van der Waals surface area contributed by atoms with Gasteiger partial charge < -0.3 is 5.73 Å². The molecule has 0 fully saturated rings. The first-order valence-electron chi connectivity index (χ1n) is 5.33. The van der Waals surface area contributed by atoms with E-state index in [1.165, 1.54) is 11.3 Å². The smallest absolute Gasteiger partial charge is 0.0628 e. The summed E-state index contributed by atoms with van der Waals surface area (Å²) in [4.78, 5) is 0. The maximum atomic E-state index is 5.94. The predicted octanol–water partition coefficient (Wildman–Crippen LogP) is 1.87. The van der Waals surface area contributed by atoms with Crippen LogP contribution in [0.3, 0.4) is 0 Å². The molecule has 3 heteroatoms. The van der Waals surface area contributed by atoms with Gasteiger partial charge in [0.25, 0.3) is 0 Å². The van der Waals surface area contributed by atoms with Crippen LogP contribution >= 0.6 is 0 Å². The van der Waals surface area contributed by atoms with Crippen molar-refractivity contribution in [3.63, 3.8) is 0 Å². The molecule has 0 saturated carbocycles. The first-order valence-corrected chi connectivity index (χ1v) is 5.33. The van der Waals surface area contributed by atoms with E-state index >= 15 is 0 Å². The fourth-order valence-corrected chi connectivity index (χ4v) is 1.73. The highest BCUT2D eigenvalue weighted by Gasteiger charge is 2.11. The van der Waals surface area contributed by atoms with E-state index in [-0.39, 0.29) is 6.04 Å². The van der Waals surface area contributed by atoms with Crippen LogP contribution in [0, 0.1) is 13.8 Å². The monoisotopic (exact) mass is 207 g/mol. The third-order valence-corrected chi connectivity index (χ3v) is 3.00. The van der Waals surface area contributed by atoms with Crippen LogP contribution in [0.25, 0.3) is 0 Å². The summed E-state index contributed by atoms with van der Waals surface area (Å²) in [6, 6.07) is 0.101. The lowest BCUT2D eigenvalue weighted by atomic mass is 10.0. The Kier molecular flexibility index (Phi) is 3.69. The average molecular weight is 207 g/mol. The first kappa shape index (κ1) is 12.0. The summed E-state index contributed by atoms with van der Waals surface area (Å²) in [6.07, 6.45) is 1.93. The summed E-state index contributed by atoms with van der Waals surface area (Å²) in [5.41, 5.74) is 10.7. The largest absolute Gasteiger partial charge is 0.324 e. The highest BCUT2D eigenvalue weighted by atomic mass is 15.3. The summed E-state index contributed by atoms with van der Waals surface area (Å²) in [6.45, 7) is 10.0. The Morgan fingerprint density at radius 2 is 2.13 bits per heavy atom. The van der Waals surface area contributed by atoms with Crippen molar-refractivity contribution in [1.29, 1.82) is 0 Å². The summed E-state index contributed by atoms with van der Waals surface area (Å²) in [5.74, 6) is 0. The lowest BCUT2D eigenvalue weighted by Gasteiger charge is -2.10. The van der Waals surface area contributed by atoms with Crippen LogP contribution in [0.1, 0.15) is 30.3 Å². The van der Waals surface area contributed by atoms with Crippen LogP contribution in [-0.4, -0.2) is 15.8 Å². The third kappa shape index (κ3) is 2.69. The second-order valence-electron chi connectivity index (χ2n) is 4.26. The molecule has 1 atom stereocenters. The summed E-state index contributed by atoms with van der Waals surface area (Å²) >= 11 is 0. The molecule has 1 rings (SSSR count). The normalized spacial score (nSPS) is 12.9. The minimum Gasteiger partial charge on any atom is -0.324 e.